The molecule has 1 nitrogen and oxygen atoms in total. The minimum atomic E-state index is -0.0412. The van der Waals surface area contributed by atoms with Crippen LogP contribution in [0.5, 0.6) is 0 Å². The highest BCUT2D eigenvalue weighted by Gasteiger charge is 2.29. The molecular weight excluding hydrogens is 275 g/mol. The molecule has 0 aromatic rings. The molecule has 2 atom stereocenters. The first kappa shape index (κ1) is 12.7. The molecule has 0 aromatic heterocycles. The first-order valence-corrected chi connectivity index (χ1v) is 6.19. The summed E-state index contributed by atoms with van der Waals surface area (Å²) in [5.74, 6) is 0.597. The fourth-order valence-electron chi connectivity index (χ4n) is 1.83. The van der Waals surface area contributed by atoms with Crippen LogP contribution in [0.2, 0.25) is 0 Å². The van der Waals surface area contributed by atoms with Gasteiger partial charge in [0, 0.05) is 11.5 Å². The Morgan fingerprint density at radius 3 is 2.73 bits per heavy atom. The second-order valence-electron chi connectivity index (χ2n) is 3.67. The molecule has 1 aliphatic rings. The van der Waals surface area contributed by atoms with Crippen molar-refractivity contribution in [2.24, 2.45) is 5.92 Å². The van der Waals surface area contributed by atoms with E-state index in [1.165, 1.54) is 0 Å². The lowest BCUT2D eigenvalue weighted by Gasteiger charge is -2.26. The van der Waals surface area contributed by atoms with Gasteiger partial charge in [0.2, 0.25) is 0 Å². The lowest BCUT2D eigenvalue weighted by molar-refractivity contribution is -0.120. The number of carbonyl (C=O) groups is 1. The molecule has 15 heavy (non-hydrogen) atoms. The molecule has 0 aromatic carbocycles. The Balaban J connectivity index is 2.79. The van der Waals surface area contributed by atoms with Gasteiger partial charge in [-0.05, 0) is 24.3 Å². The van der Waals surface area contributed by atoms with E-state index in [4.69, 9.17) is 11.6 Å². The molecule has 1 fully saturated rings. The molecule has 1 rings (SSSR count). The number of ketones is 1. The van der Waals surface area contributed by atoms with Gasteiger partial charge in [-0.3, -0.25) is 4.79 Å². The van der Waals surface area contributed by atoms with E-state index < -0.39 is 0 Å². The molecule has 2 unspecified atom stereocenters. The summed E-state index contributed by atoms with van der Waals surface area (Å²) >= 11 is 9.32. The molecule has 0 saturated heterocycles. The van der Waals surface area contributed by atoms with E-state index in [0.717, 1.165) is 18.4 Å². The molecule has 0 bridgehead atoms. The summed E-state index contributed by atoms with van der Waals surface area (Å²) < 4.78 is 0. The standard InChI is InChI=1S/C12H14BrClO/c1-3-4-10(8(2)14)9-5-6-12(15)11(13)7-9/h3-4,9,11H,1-2,5-7H2/b10-4+. The van der Waals surface area contributed by atoms with E-state index in [-0.39, 0.29) is 10.6 Å². The van der Waals surface area contributed by atoms with Crippen molar-refractivity contribution in [3.8, 4) is 0 Å². The van der Waals surface area contributed by atoms with Crippen LogP contribution in [-0.4, -0.2) is 10.6 Å². The molecule has 82 valence electrons. The molecule has 0 radical (unpaired) electrons. The van der Waals surface area contributed by atoms with E-state index in [0.29, 0.717) is 17.4 Å². The van der Waals surface area contributed by atoms with Crippen LogP contribution < -0.4 is 0 Å². The summed E-state index contributed by atoms with van der Waals surface area (Å²) in [5, 5.41) is 0.550. The van der Waals surface area contributed by atoms with E-state index >= 15 is 0 Å². The average Bonchev–Trinajstić information content (AvgIpc) is 2.18. The van der Waals surface area contributed by atoms with Gasteiger partial charge in [0.25, 0.3) is 0 Å². The third-order valence-corrected chi connectivity index (χ3v) is 3.73. The summed E-state index contributed by atoms with van der Waals surface area (Å²) in [6, 6.07) is 0. The fourth-order valence-corrected chi connectivity index (χ4v) is 2.73. The monoisotopic (exact) mass is 288 g/mol. The van der Waals surface area contributed by atoms with Gasteiger partial charge in [0.1, 0.15) is 5.78 Å². The zero-order valence-electron chi connectivity index (χ0n) is 8.51. The zero-order chi connectivity index (χ0) is 11.4. The number of carbonyl (C=O) groups excluding carboxylic acids is 1. The van der Waals surface area contributed by atoms with Crippen molar-refractivity contribution in [1.82, 2.24) is 0 Å². The van der Waals surface area contributed by atoms with Crippen molar-refractivity contribution in [3.63, 3.8) is 0 Å². The van der Waals surface area contributed by atoms with Gasteiger partial charge in [-0.1, -0.05) is 52.8 Å². The fraction of sp³-hybridized carbons (Fsp3) is 0.417. The van der Waals surface area contributed by atoms with Crippen LogP contribution >= 0.6 is 27.5 Å². The number of rotatable bonds is 3. The highest BCUT2D eigenvalue weighted by atomic mass is 79.9. The molecule has 0 N–H and O–H groups in total. The van der Waals surface area contributed by atoms with E-state index in [2.05, 4.69) is 29.1 Å². The number of Topliss-reactive ketones (excluding diaryl/α,β-unsaturated/α-hetero) is 1. The number of hydrogen-bond donors (Lipinski definition) is 0. The largest absolute Gasteiger partial charge is 0.298 e. The summed E-state index contributed by atoms with van der Waals surface area (Å²) in [7, 11) is 0. The van der Waals surface area contributed by atoms with E-state index in [9.17, 15) is 4.79 Å². The highest BCUT2D eigenvalue weighted by Crippen LogP contribution is 2.35. The predicted octanol–water partition coefficient (Wildman–Crippen LogP) is 3.98. The summed E-state index contributed by atoms with van der Waals surface area (Å²) in [6.45, 7) is 7.40. The van der Waals surface area contributed by atoms with Crippen molar-refractivity contribution in [2.75, 3.05) is 0 Å². The second kappa shape index (κ2) is 5.66. The number of allylic oxidation sites excluding steroid dienone is 4. The van der Waals surface area contributed by atoms with Gasteiger partial charge in [0.15, 0.2) is 0 Å². The number of alkyl halides is 1. The lowest BCUT2D eigenvalue weighted by Crippen LogP contribution is -2.26. The number of halogens is 2. The van der Waals surface area contributed by atoms with E-state index in [1.54, 1.807) is 6.08 Å². The van der Waals surface area contributed by atoms with Gasteiger partial charge < -0.3 is 0 Å². The van der Waals surface area contributed by atoms with Gasteiger partial charge in [-0.2, -0.15) is 0 Å². The van der Waals surface area contributed by atoms with Crippen LogP contribution in [-0.2, 0) is 4.79 Å². The van der Waals surface area contributed by atoms with E-state index in [1.807, 2.05) is 6.08 Å². The maximum Gasteiger partial charge on any atom is 0.146 e. The van der Waals surface area contributed by atoms with Crippen molar-refractivity contribution in [3.05, 3.63) is 35.9 Å². The van der Waals surface area contributed by atoms with Gasteiger partial charge in [-0.15, -0.1) is 0 Å². The molecule has 1 saturated carbocycles. The zero-order valence-corrected chi connectivity index (χ0v) is 10.9. The molecule has 0 amide bonds. The SMILES string of the molecule is C=C/C=C(\C(=C)Cl)C1CCC(=O)C(Br)C1. The summed E-state index contributed by atoms with van der Waals surface area (Å²) in [6.07, 6.45) is 5.86. The first-order valence-electron chi connectivity index (χ1n) is 4.90. The van der Waals surface area contributed by atoms with Crippen LogP contribution in [0.15, 0.2) is 35.9 Å². The minimum absolute atomic E-state index is 0.0412. The van der Waals surface area contributed by atoms with Gasteiger partial charge >= 0.3 is 0 Å². The van der Waals surface area contributed by atoms with Gasteiger partial charge in [0.05, 0.1) is 4.83 Å². The topological polar surface area (TPSA) is 17.1 Å². The predicted molar refractivity (Wildman–Crippen MR) is 68.3 cm³/mol. The normalized spacial score (nSPS) is 27.6. The van der Waals surface area contributed by atoms with Crippen molar-refractivity contribution >= 4 is 33.3 Å². The molecule has 0 aliphatic heterocycles. The van der Waals surface area contributed by atoms with Crippen LogP contribution in [0.4, 0.5) is 0 Å². The molecule has 3 heteroatoms. The quantitative estimate of drug-likeness (QED) is 0.567. The third kappa shape index (κ3) is 3.32. The third-order valence-electron chi connectivity index (χ3n) is 2.63. The van der Waals surface area contributed by atoms with Crippen molar-refractivity contribution in [2.45, 2.75) is 24.1 Å². The maximum absolute atomic E-state index is 11.3. The highest BCUT2D eigenvalue weighted by molar-refractivity contribution is 9.10. The lowest BCUT2D eigenvalue weighted by atomic mass is 9.83. The Morgan fingerprint density at radius 1 is 1.60 bits per heavy atom. The minimum Gasteiger partial charge on any atom is -0.298 e. The first-order chi connectivity index (χ1) is 7.06. The van der Waals surface area contributed by atoms with Crippen LogP contribution in [0.3, 0.4) is 0 Å². The summed E-state index contributed by atoms with van der Waals surface area (Å²) in [4.78, 5) is 11.3. The van der Waals surface area contributed by atoms with Crippen LogP contribution in [0.1, 0.15) is 19.3 Å². The smallest absolute Gasteiger partial charge is 0.146 e. The van der Waals surface area contributed by atoms with Crippen molar-refractivity contribution < 1.29 is 4.79 Å². The second-order valence-corrected chi connectivity index (χ2v) is 5.23. The molecule has 1 aliphatic carbocycles. The Kier molecular flexibility index (Phi) is 4.81. The Bertz CT molecular complexity index is 320. The summed E-state index contributed by atoms with van der Waals surface area (Å²) in [5.41, 5.74) is 1.00. The Morgan fingerprint density at radius 2 is 2.27 bits per heavy atom. The average molecular weight is 290 g/mol. The maximum atomic E-state index is 11.3. The van der Waals surface area contributed by atoms with Crippen LogP contribution in [0.25, 0.3) is 0 Å². The Hall–Kier alpha value is -0.340. The molecular formula is C12H14BrClO. The molecule has 0 heterocycles. The number of hydrogen-bond acceptors (Lipinski definition) is 1. The van der Waals surface area contributed by atoms with Gasteiger partial charge in [-0.25, -0.2) is 0 Å². The Labute approximate surface area is 104 Å². The molecule has 0 spiro atoms. The van der Waals surface area contributed by atoms with Crippen molar-refractivity contribution in [1.29, 1.82) is 0 Å². The van der Waals surface area contributed by atoms with Crippen LogP contribution in [0, 0.1) is 5.92 Å².